The lowest BCUT2D eigenvalue weighted by Gasteiger charge is -2.18. The van der Waals surface area contributed by atoms with Crippen molar-refractivity contribution in [1.29, 1.82) is 0 Å². The summed E-state index contributed by atoms with van der Waals surface area (Å²) in [5.41, 5.74) is 0.709. The molecule has 0 fully saturated rings. The predicted molar refractivity (Wildman–Crippen MR) is 106 cm³/mol. The highest BCUT2D eigenvalue weighted by Gasteiger charge is 2.37. The van der Waals surface area contributed by atoms with Crippen LogP contribution in [0.2, 0.25) is 0 Å². The molecule has 9 nitrogen and oxygen atoms in total. The largest absolute Gasteiger partial charge is 0.545 e. The Morgan fingerprint density at radius 2 is 1.55 bits per heavy atom. The van der Waals surface area contributed by atoms with E-state index in [1.165, 1.54) is 60.7 Å². The molecule has 0 unspecified atom stereocenters. The standard InChI is InChI=1S/C22H14N2O7/c1-12-2-3-13(22(27)28)10-19(12)23-20(25)17-9-8-16(11-18(17)21(23)26)31-15-6-4-14(5-7-15)24(29)30/h2-11H,1H3,(H,27,28)/p-1. The maximum atomic E-state index is 13.0. The molecule has 31 heavy (non-hydrogen) atoms. The minimum atomic E-state index is -1.42. The quantitative estimate of drug-likeness (QED) is 0.354. The van der Waals surface area contributed by atoms with Gasteiger partial charge in [-0.25, -0.2) is 4.90 Å². The number of carboxylic acid groups (broad SMARTS) is 1. The number of benzene rings is 3. The molecule has 0 bridgehead atoms. The molecule has 0 saturated heterocycles. The number of rotatable bonds is 5. The molecule has 154 valence electrons. The Labute approximate surface area is 175 Å². The highest BCUT2D eigenvalue weighted by atomic mass is 16.6. The van der Waals surface area contributed by atoms with Gasteiger partial charge in [0.1, 0.15) is 11.5 Å². The summed E-state index contributed by atoms with van der Waals surface area (Å²) < 4.78 is 5.65. The fourth-order valence-electron chi connectivity index (χ4n) is 3.25. The van der Waals surface area contributed by atoms with E-state index in [2.05, 4.69) is 0 Å². The average Bonchev–Trinajstić information content (AvgIpc) is 2.98. The van der Waals surface area contributed by atoms with Crippen LogP contribution in [0.1, 0.15) is 36.6 Å². The van der Waals surface area contributed by atoms with Crippen LogP contribution in [0, 0.1) is 17.0 Å². The van der Waals surface area contributed by atoms with Crippen LogP contribution >= 0.6 is 0 Å². The molecule has 0 N–H and O–H groups in total. The summed E-state index contributed by atoms with van der Waals surface area (Å²) in [5, 5.41) is 21.9. The van der Waals surface area contributed by atoms with E-state index in [9.17, 15) is 29.6 Å². The third kappa shape index (κ3) is 3.48. The lowest BCUT2D eigenvalue weighted by atomic mass is 10.1. The Balaban J connectivity index is 1.65. The summed E-state index contributed by atoms with van der Waals surface area (Å²) in [6.45, 7) is 1.65. The third-order valence-electron chi connectivity index (χ3n) is 4.83. The van der Waals surface area contributed by atoms with Crippen molar-refractivity contribution in [2.75, 3.05) is 4.90 Å². The Morgan fingerprint density at radius 3 is 2.19 bits per heavy atom. The van der Waals surface area contributed by atoms with Gasteiger partial charge in [0.2, 0.25) is 0 Å². The number of fused-ring (bicyclic) bond motifs is 1. The first-order chi connectivity index (χ1) is 14.8. The number of aromatic carboxylic acids is 1. The maximum absolute atomic E-state index is 13.0. The molecule has 9 heteroatoms. The highest BCUT2D eigenvalue weighted by Crippen LogP contribution is 2.34. The number of carbonyl (C=O) groups is 3. The van der Waals surface area contributed by atoms with Gasteiger partial charge in [0.25, 0.3) is 17.5 Å². The van der Waals surface area contributed by atoms with Gasteiger partial charge < -0.3 is 14.6 Å². The van der Waals surface area contributed by atoms with E-state index in [-0.39, 0.29) is 33.8 Å². The molecule has 1 heterocycles. The maximum Gasteiger partial charge on any atom is 0.269 e. The Hall–Kier alpha value is -4.53. The van der Waals surface area contributed by atoms with Crippen molar-refractivity contribution < 1.29 is 29.2 Å². The van der Waals surface area contributed by atoms with Crippen molar-refractivity contribution in [3.05, 3.63) is 93.0 Å². The number of hydrogen-bond acceptors (Lipinski definition) is 7. The molecule has 3 aromatic carbocycles. The van der Waals surface area contributed by atoms with Crippen LogP contribution in [0.15, 0.2) is 60.7 Å². The normalized spacial score (nSPS) is 12.6. The zero-order valence-corrected chi connectivity index (χ0v) is 16.0. The fourth-order valence-corrected chi connectivity index (χ4v) is 3.25. The highest BCUT2D eigenvalue weighted by molar-refractivity contribution is 6.34. The van der Waals surface area contributed by atoms with Gasteiger partial charge in [0.05, 0.1) is 27.7 Å². The molecule has 0 atom stereocenters. The second-order valence-corrected chi connectivity index (χ2v) is 6.79. The predicted octanol–water partition coefficient (Wildman–Crippen LogP) is 2.86. The molecule has 0 spiro atoms. The van der Waals surface area contributed by atoms with Crippen molar-refractivity contribution in [1.82, 2.24) is 0 Å². The van der Waals surface area contributed by atoms with Crippen LogP contribution in [0.25, 0.3) is 0 Å². The van der Waals surface area contributed by atoms with Gasteiger partial charge in [-0.2, -0.15) is 0 Å². The number of imide groups is 1. The summed E-state index contributed by atoms with van der Waals surface area (Å²) in [6.07, 6.45) is 0. The second-order valence-electron chi connectivity index (χ2n) is 6.79. The van der Waals surface area contributed by atoms with Crippen LogP contribution in [-0.4, -0.2) is 22.7 Å². The van der Waals surface area contributed by atoms with Gasteiger partial charge in [-0.15, -0.1) is 0 Å². The van der Waals surface area contributed by atoms with Gasteiger partial charge in [-0.1, -0.05) is 12.1 Å². The molecule has 0 aliphatic carbocycles. The zero-order chi connectivity index (χ0) is 22.3. The number of aryl methyl sites for hydroxylation is 1. The number of carboxylic acids is 1. The number of amides is 2. The van der Waals surface area contributed by atoms with E-state index in [0.717, 1.165) is 4.90 Å². The SMILES string of the molecule is Cc1ccc(C(=O)[O-])cc1N1C(=O)c2ccc(Oc3ccc([N+](=O)[O-])cc3)cc2C1=O. The first-order valence-corrected chi connectivity index (χ1v) is 9.03. The number of nitrogens with zero attached hydrogens (tertiary/aromatic N) is 2. The molecule has 0 saturated carbocycles. The number of nitro benzene ring substituents is 1. The number of nitro groups is 1. The minimum absolute atomic E-state index is 0.0909. The summed E-state index contributed by atoms with van der Waals surface area (Å²) in [5.74, 6) is -2.04. The fraction of sp³-hybridized carbons (Fsp3) is 0.0455. The summed E-state index contributed by atoms with van der Waals surface area (Å²) >= 11 is 0. The Kier molecular flexibility index (Phi) is 4.70. The molecule has 0 aromatic heterocycles. The van der Waals surface area contributed by atoms with Crippen LogP contribution < -0.4 is 14.7 Å². The molecule has 4 rings (SSSR count). The summed E-state index contributed by atoms with van der Waals surface area (Å²) in [4.78, 5) is 48.1. The van der Waals surface area contributed by atoms with Crippen molar-refractivity contribution in [3.63, 3.8) is 0 Å². The molecule has 1 aliphatic rings. The molecule has 0 radical (unpaired) electrons. The van der Waals surface area contributed by atoms with E-state index in [1.807, 2.05) is 0 Å². The van der Waals surface area contributed by atoms with Crippen LogP contribution in [0.3, 0.4) is 0 Å². The summed E-state index contributed by atoms with van der Waals surface area (Å²) in [7, 11) is 0. The average molecular weight is 417 g/mol. The molecule has 2 amide bonds. The van der Waals surface area contributed by atoms with Crippen LogP contribution in [-0.2, 0) is 0 Å². The van der Waals surface area contributed by atoms with Gasteiger partial charge in [0, 0.05) is 12.1 Å². The lowest BCUT2D eigenvalue weighted by Crippen LogP contribution is -2.31. The van der Waals surface area contributed by atoms with Crippen molar-refractivity contribution in [2.24, 2.45) is 0 Å². The number of anilines is 1. The topological polar surface area (TPSA) is 130 Å². The van der Waals surface area contributed by atoms with Crippen molar-refractivity contribution in [2.45, 2.75) is 6.92 Å². The molecular formula is C22H13N2O7-. The van der Waals surface area contributed by atoms with E-state index in [1.54, 1.807) is 6.92 Å². The Morgan fingerprint density at radius 1 is 0.903 bits per heavy atom. The first kappa shape index (κ1) is 19.8. The van der Waals surface area contributed by atoms with Crippen LogP contribution in [0.4, 0.5) is 11.4 Å². The summed E-state index contributed by atoms with van der Waals surface area (Å²) in [6, 6.07) is 13.8. The smallest absolute Gasteiger partial charge is 0.269 e. The zero-order valence-electron chi connectivity index (χ0n) is 16.0. The van der Waals surface area contributed by atoms with Gasteiger partial charge in [-0.05, 0) is 54.4 Å². The van der Waals surface area contributed by atoms with E-state index in [4.69, 9.17) is 4.74 Å². The lowest BCUT2D eigenvalue weighted by molar-refractivity contribution is -0.384. The number of non-ortho nitro benzene ring substituents is 1. The van der Waals surface area contributed by atoms with E-state index < -0.39 is 22.7 Å². The second kappa shape index (κ2) is 7.38. The number of carbonyl (C=O) groups excluding carboxylic acids is 3. The monoisotopic (exact) mass is 417 g/mol. The molecule has 3 aromatic rings. The van der Waals surface area contributed by atoms with Gasteiger partial charge in [-0.3, -0.25) is 19.7 Å². The minimum Gasteiger partial charge on any atom is -0.545 e. The van der Waals surface area contributed by atoms with Gasteiger partial charge >= 0.3 is 0 Å². The van der Waals surface area contributed by atoms with Crippen molar-refractivity contribution in [3.8, 4) is 11.5 Å². The van der Waals surface area contributed by atoms with Gasteiger partial charge in [0.15, 0.2) is 0 Å². The van der Waals surface area contributed by atoms with Crippen LogP contribution in [0.5, 0.6) is 11.5 Å². The van der Waals surface area contributed by atoms with Crippen molar-refractivity contribution >= 4 is 29.2 Å². The third-order valence-corrected chi connectivity index (χ3v) is 4.83. The molecule has 1 aliphatic heterocycles. The number of ether oxygens (including phenoxy) is 1. The first-order valence-electron chi connectivity index (χ1n) is 9.03. The Bertz CT molecular complexity index is 1270. The van der Waals surface area contributed by atoms with E-state index >= 15 is 0 Å². The molecular weight excluding hydrogens is 404 g/mol. The number of hydrogen-bond donors (Lipinski definition) is 0. The van der Waals surface area contributed by atoms with E-state index in [0.29, 0.717) is 11.3 Å².